The average molecular weight is 441 g/mol. The van der Waals surface area contributed by atoms with Crippen molar-refractivity contribution in [2.45, 2.75) is 45.1 Å². The quantitative estimate of drug-likeness (QED) is 0.471. The first-order valence-electron chi connectivity index (χ1n) is 11.3. The van der Waals surface area contributed by atoms with Crippen LogP contribution in [-0.2, 0) is 6.42 Å². The molecule has 0 bridgehead atoms. The molecule has 1 aliphatic carbocycles. The van der Waals surface area contributed by atoms with Gasteiger partial charge in [0.15, 0.2) is 5.82 Å². The van der Waals surface area contributed by atoms with Crippen LogP contribution >= 0.6 is 0 Å². The van der Waals surface area contributed by atoms with E-state index < -0.39 is 0 Å². The molecule has 0 unspecified atom stereocenters. The van der Waals surface area contributed by atoms with Gasteiger partial charge in [-0.3, -0.25) is 14.7 Å². The number of rotatable bonds is 5. The Hall–Kier alpha value is -3.88. The molecule has 2 aliphatic rings. The molecule has 1 amide bonds. The van der Waals surface area contributed by atoms with Gasteiger partial charge >= 0.3 is 0 Å². The highest BCUT2D eigenvalue weighted by Gasteiger charge is 2.29. The fourth-order valence-electron chi connectivity index (χ4n) is 4.26. The van der Waals surface area contributed by atoms with Gasteiger partial charge in [0.1, 0.15) is 17.8 Å². The topological polar surface area (TPSA) is 94.6 Å². The van der Waals surface area contributed by atoms with Gasteiger partial charge in [0.2, 0.25) is 0 Å². The van der Waals surface area contributed by atoms with Gasteiger partial charge in [0, 0.05) is 31.1 Å². The van der Waals surface area contributed by atoms with Crippen molar-refractivity contribution >= 4 is 11.7 Å². The first-order chi connectivity index (χ1) is 16.1. The van der Waals surface area contributed by atoms with Crippen molar-refractivity contribution < 1.29 is 4.79 Å². The summed E-state index contributed by atoms with van der Waals surface area (Å²) in [5.41, 5.74) is 4.07. The molecular weight excluding hydrogens is 416 g/mol. The van der Waals surface area contributed by atoms with Gasteiger partial charge in [-0.1, -0.05) is 6.07 Å². The lowest BCUT2D eigenvalue weighted by Crippen LogP contribution is -2.38. The third-order valence-electron chi connectivity index (χ3n) is 6.27. The lowest BCUT2D eigenvalue weighted by molar-refractivity contribution is 0.0979. The zero-order valence-electron chi connectivity index (χ0n) is 18.6. The Morgan fingerprint density at radius 1 is 1.12 bits per heavy atom. The van der Waals surface area contributed by atoms with Crippen molar-refractivity contribution in [3.63, 3.8) is 0 Å². The van der Waals surface area contributed by atoms with E-state index in [1.807, 2.05) is 45.8 Å². The summed E-state index contributed by atoms with van der Waals surface area (Å²) in [4.78, 5) is 29.1. The molecule has 0 N–H and O–H groups in total. The second-order valence-electron chi connectivity index (χ2n) is 8.91. The maximum Gasteiger partial charge on any atom is 0.261 e. The van der Waals surface area contributed by atoms with Crippen molar-refractivity contribution in [1.29, 1.82) is 0 Å². The van der Waals surface area contributed by atoms with Crippen LogP contribution in [0.3, 0.4) is 0 Å². The van der Waals surface area contributed by atoms with Crippen LogP contribution in [0.25, 0.3) is 17.2 Å². The lowest BCUT2D eigenvalue weighted by Gasteiger charge is -2.27. The van der Waals surface area contributed by atoms with Gasteiger partial charge in [-0.05, 0) is 44.9 Å². The van der Waals surface area contributed by atoms with Gasteiger partial charge in [-0.25, -0.2) is 9.97 Å². The number of hydrogen-bond acceptors (Lipinski definition) is 6. The molecular formula is C24H24N8O. The number of anilines is 1. The number of fused-ring (bicyclic) bond motifs is 1. The van der Waals surface area contributed by atoms with Crippen LogP contribution < -0.4 is 4.90 Å². The maximum absolute atomic E-state index is 13.5. The fourth-order valence-corrected chi connectivity index (χ4v) is 4.26. The van der Waals surface area contributed by atoms with Crippen molar-refractivity contribution in [3.8, 4) is 17.2 Å². The summed E-state index contributed by atoms with van der Waals surface area (Å²) < 4.78 is 3.92. The minimum Gasteiger partial charge on any atom is -0.310 e. The molecule has 0 aromatic carbocycles. The summed E-state index contributed by atoms with van der Waals surface area (Å²) >= 11 is 0. The van der Waals surface area contributed by atoms with E-state index in [1.165, 1.54) is 12.8 Å². The maximum atomic E-state index is 13.5. The Kier molecular flexibility index (Phi) is 4.56. The minimum absolute atomic E-state index is 0.0943. The van der Waals surface area contributed by atoms with Crippen LogP contribution in [-0.4, -0.2) is 46.7 Å². The molecule has 166 valence electrons. The Morgan fingerprint density at radius 2 is 2.00 bits per heavy atom. The molecule has 0 saturated heterocycles. The smallest absolute Gasteiger partial charge is 0.261 e. The summed E-state index contributed by atoms with van der Waals surface area (Å²) in [6.07, 6.45) is 10.4. The summed E-state index contributed by atoms with van der Waals surface area (Å²) in [5.74, 6) is 1.77. The van der Waals surface area contributed by atoms with Crippen molar-refractivity contribution in [2.75, 3.05) is 11.4 Å². The number of carbonyl (C=O) groups excluding carboxylic acids is 1. The summed E-state index contributed by atoms with van der Waals surface area (Å²) in [7, 11) is 0. The van der Waals surface area contributed by atoms with E-state index in [9.17, 15) is 4.79 Å². The molecule has 6 rings (SSSR count). The van der Waals surface area contributed by atoms with E-state index in [0.717, 1.165) is 17.1 Å². The monoisotopic (exact) mass is 440 g/mol. The first-order valence-corrected chi connectivity index (χ1v) is 11.3. The number of amides is 1. The highest BCUT2D eigenvalue weighted by Crippen LogP contribution is 2.39. The van der Waals surface area contributed by atoms with Gasteiger partial charge in [-0.2, -0.15) is 0 Å². The van der Waals surface area contributed by atoms with E-state index >= 15 is 0 Å². The predicted octanol–water partition coefficient (Wildman–Crippen LogP) is 3.58. The van der Waals surface area contributed by atoms with Gasteiger partial charge in [0.05, 0.1) is 35.2 Å². The largest absolute Gasteiger partial charge is 0.310 e. The predicted molar refractivity (Wildman–Crippen MR) is 122 cm³/mol. The summed E-state index contributed by atoms with van der Waals surface area (Å²) in [6, 6.07) is 7.77. The Bertz CT molecular complexity index is 1350. The standard InChI is InChI=1S/C24H24N8O/c1-15(2)32-14-27-29-23(32)20-4-3-5-22(28-20)31-9-8-19-18(24(31)33)10-17(11-25-19)30-12-21(26-13-30)16-6-7-16/h3-5,10-16H,6-9H2,1-2H3. The number of imidazole rings is 1. The number of pyridine rings is 2. The van der Waals surface area contributed by atoms with Crippen molar-refractivity contribution in [2.24, 2.45) is 0 Å². The van der Waals surface area contributed by atoms with Gasteiger partial charge < -0.3 is 9.13 Å². The SMILES string of the molecule is CC(C)n1cnnc1-c1cccc(N2CCc3ncc(-n4cnc(C5CC5)c4)cc3C2=O)n1. The molecule has 33 heavy (non-hydrogen) atoms. The molecule has 4 aromatic heterocycles. The fraction of sp³-hybridized carbons (Fsp3) is 0.333. The van der Waals surface area contributed by atoms with E-state index in [0.29, 0.717) is 41.8 Å². The molecule has 4 aromatic rings. The molecule has 5 heterocycles. The zero-order chi connectivity index (χ0) is 22.5. The number of carbonyl (C=O) groups is 1. The molecule has 0 atom stereocenters. The summed E-state index contributed by atoms with van der Waals surface area (Å²) in [6.45, 7) is 4.67. The van der Waals surface area contributed by atoms with Crippen molar-refractivity contribution in [1.82, 2.24) is 34.3 Å². The van der Waals surface area contributed by atoms with Gasteiger partial charge in [0.25, 0.3) is 5.91 Å². The van der Waals surface area contributed by atoms with Crippen LogP contribution in [0.4, 0.5) is 5.82 Å². The third kappa shape index (κ3) is 3.49. The lowest BCUT2D eigenvalue weighted by atomic mass is 10.0. The van der Waals surface area contributed by atoms with Crippen LogP contribution in [0.1, 0.15) is 60.4 Å². The second kappa shape index (κ2) is 7.61. The highest BCUT2D eigenvalue weighted by atomic mass is 16.2. The molecule has 1 aliphatic heterocycles. The van der Waals surface area contributed by atoms with Crippen molar-refractivity contribution in [3.05, 3.63) is 66.3 Å². The zero-order valence-corrected chi connectivity index (χ0v) is 18.6. The first kappa shape index (κ1) is 19.8. The second-order valence-corrected chi connectivity index (χ2v) is 8.91. The number of nitrogens with zero attached hydrogens (tertiary/aromatic N) is 8. The molecule has 0 spiro atoms. The Labute approximate surface area is 191 Å². The van der Waals surface area contributed by atoms with Gasteiger partial charge in [-0.15, -0.1) is 10.2 Å². The van der Waals surface area contributed by atoms with E-state index in [-0.39, 0.29) is 11.9 Å². The summed E-state index contributed by atoms with van der Waals surface area (Å²) in [5, 5.41) is 8.28. The Balaban J connectivity index is 1.32. The van der Waals surface area contributed by atoms with Crippen LogP contribution in [0.2, 0.25) is 0 Å². The number of hydrogen-bond donors (Lipinski definition) is 0. The molecule has 0 radical (unpaired) electrons. The van der Waals surface area contributed by atoms with E-state index in [1.54, 1.807) is 17.6 Å². The highest BCUT2D eigenvalue weighted by molar-refractivity contribution is 6.07. The van der Waals surface area contributed by atoms with Crippen LogP contribution in [0.5, 0.6) is 0 Å². The van der Waals surface area contributed by atoms with Crippen LogP contribution in [0, 0.1) is 0 Å². The molecule has 9 heteroatoms. The minimum atomic E-state index is -0.0943. The van der Waals surface area contributed by atoms with E-state index in [2.05, 4.69) is 34.0 Å². The Morgan fingerprint density at radius 3 is 2.82 bits per heavy atom. The van der Waals surface area contributed by atoms with E-state index in [4.69, 9.17) is 4.98 Å². The normalized spacial score (nSPS) is 15.8. The molecule has 9 nitrogen and oxygen atoms in total. The number of aromatic nitrogens is 7. The molecule has 1 fully saturated rings. The molecule has 1 saturated carbocycles. The van der Waals surface area contributed by atoms with Crippen LogP contribution in [0.15, 0.2) is 49.3 Å². The third-order valence-corrected chi connectivity index (χ3v) is 6.27. The average Bonchev–Trinajstić information content (AvgIpc) is 3.34.